The molecular formula is C9H11N3. The van der Waals surface area contributed by atoms with Gasteiger partial charge in [-0.3, -0.25) is 0 Å². The van der Waals surface area contributed by atoms with Gasteiger partial charge in [0.05, 0.1) is 6.54 Å². The molecule has 0 radical (unpaired) electrons. The number of nitrogens with one attached hydrogen (secondary N) is 1. The van der Waals surface area contributed by atoms with Gasteiger partial charge in [-0.1, -0.05) is 5.92 Å². The Bertz CT molecular complexity index is 292. The summed E-state index contributed by atoms with van der Waals surface area (Å²) >= 11 is 0. The van der Waals surface area contributed by atoms with Crippen LogP contribution in [0.25, 0.3) is 0 Å². The van der Waals surface area contributed by atoms with Crippen molar-refractivity contribution in [2.24, 2.45) is 0 Å². The van der Waals surface area contributed by atoms with E-state index in [1.165, 1.54) is 0 Å². The van der Waals surface area contributed by atoms with Gasteiger partial charge in [0, 0.05) is 11.4 Å². The van der Waals surface area contributed by atoms with Crippen LogP contribution in [0.1, 0.15) is 11.4 Å². The summed E-state index contributed by atoms with van der Waals surface area (Å²) in [6, 6.07) is 1.92. The molecule has 0 fully saturated rings. The van der Waals surface area contributed by atoms with Crippen molar-refractivity contribution >= 4 is 5.95 Å². The summed E-state index contributed by atoms with van der Waals surface area (Å²) in [4.78, 5) is 8.31. The smallest absolute Gasteiger partial charge is 0.223 e. The molecule has 1 aromatic heterocycles. The number of hydrogen-bond acceptors (Lipinski definition) is 3. The highest BCUT2D eigenvalue weighted by Crippen LogP contribution is 2.02. The van der Waals surface area contributed by atoms with E-state index in [0.717, 1.165) is 11.4 Å². The highest BCUT2D eigenvalue weighted by molar-refractivity contribution is 5.29. The average Bonchev–Trinajstić information content (AvgIpc) is 1.99. The van der Waals surface area contributed by atoms with Gasteiger partial charge < -0.3 is 5.32 Å². The van der Waals surface area contributed by atoms with Crippen LogP contribution in [0.3, 0.4) is 0 Å². The minimum absolute atomic E-state index is 0.461. The normalized spacial score (nSPS) is 9.08. The van der Waals surface area contributed by atoms with Gasteiger partial charge in [0.15, 0.2) is 0 Å². The predicted molar refractivity (Wildman–Crippen MR) is 48.8 cm³/mol. The van der Waals surface area contributed by atoms with Crippen molar-refractivity contribution in [3.63, 3.8) is 0 Å². The summed E-state index contributed by atoms with van der Waals surface area (Å²) < 4.78 is 0. The zero-order valence-electron chi connectivity index (χ0n) is 7.26. The number of rotatable bonds is 2. The van der Waals surface area contributed by atoms with Crippen molar-refractivity contribution in [2.45, 2.75) is 13.8 Å². The molecule has 0 amide bonds. The molecule has 1 heterocycles. The van der Waals surface area contributed by atoms with Crippen LogP contribution in [0.5, 0.6) is 0 Å². The Labute approximate surface area is 72.2 Å². The fraction of sp³-hybridized carbons (Fsp3) is 0.333. The van der Waals surface area contributed by atoms with Crippen molar-refractivity contribution in [3.8, 4) is 12.3 Å². The summed E-state index contributed by atoms with van der Waals surface area (Å²) in [6.07, 6.45) is 5.08. The molecule has 1 aromatic rings. The number of terminal acetylenes is 1. The van der Waals surface area contributed by atoms with Crippen LogP contribution in [0.4, 0.5) is 5.95 Å². The molecule has 3 nitrogen and oxygen atoms in total. The third-order valence-electron chi connectivity index (χ3n) is 1.33. The van der Waals surface area contributed by atoms with E-state index in [4.69, 9.17) is 6.42 Å². The molecule has 3 heteroatoms. The lowest BCUT2D eigenvalue weighted by atomic mass is 10.4. The molecule has 0 aliphatic heterocycles. The van der Waals surface area contributed by atoms with Gasteiger partial charge in [0.25, 0.3) is 0 Å². The Balaban J connectivity index is 2.80. The zero-order chi connectivity index (χ0) is 8.97. The lowest BCUT2D eigenvalue weighted by Crippen LogP contribution is -2.04. The van der Waals surface area contributed by atoms with Crippen LogP contribution in [0.2, 0.25) is 0 Å². The molecule has 0 spiro atoms. The summed E-state index contributed by atoms with van der Waals surface area (Å²) in [5.41, 5.74) is 1.89. The molecule has 0 aliphatic rings. The van der Waals surface area contributed by atoms with Gasteiger partial charge in [-0.05, 0) is 19.9 Å². The van der Waals surface area contributed by atoms with Gasteiger partial charge in [-0.2, -0.15) is 0 Å². The maximum Gasteiger partial charge on any atom is 0.223 e. The Morgan fingerprint density at radius 1 is 1.42 bits per heavy atom. The summed E-state index contributed by atoms with van der Waals surface area (Å²) in [5.74, 6) is 3.07. The van der Waals surface area contributed by atoms with Crippen LogP contribution in [-0.2, 0) is 0 Å². The second kappa shape index (κ2) is 3.72. The van der Waals surface area contributed by atoms with E-state index in [-0.39, 0.29) is 0 Å². The standard InChI is InChI=1S/C9H11N3/c1-4-5-10-9-11-7(2)6-8(3)12-9/h1,6H,5H2,2-3H3,(H,10,11,12). The van der Waals surface area contributed by atoms with Crippen molar-refractivity contribution in [3.05, 3.63) is 17.5 Å². The minimum atomic E-state index is 0.461. The monoisotopic (exact) mass is 161 g/mol. The van der Waals surface area contributed by atoms with E-state index in [2.05, 4.69) is 21.2 Å². The molecule has 62 valence electrons. The molecule has 0 aliphatic carbocycles. The molecule has 0 bridgehead atoms. The fourth-order valence-electron chi connectivity index (χ4n) is 0.935. The van der Waals surface area contributed by atoms with Crippen LogP contribution in [0.15, 0.2) is 6.07 Å². The fourth-order valence-corrected chi connectivity index (χ4v) is 0.935. The molecule has 0 unspecified atom stereocenters. The zero-order valence-corrected chi connectivity index (χ0v) is 7.26. The highest BCUT2D eigenvalue weighted by Gasteiger charge is 1.95. The third kappa shape index (κ3) is 2.24. The summed E-state index contributed by atoms with van der Waals surface area (Å²) in [7, 11) is 0. The Hall–Kier alpha value is -1.56. The maximum absolute atomic E-state index is 5.08. The lowest BCUT2D eigenvalue weighted by Gasteiger charge is -2.02. The summed E-state index contributed by atoms with van der Waals surface area (Å²) in [6.45, 7) is 4.31. The van der Waals surface area contributed by atoms with Gasteiger partial charge in [-0.15, -0.1) is 6.42 Å². The van der Waals surface area contributed by atoms with E-state index >= 15 is 0 Å². The number of hydrogen-bond donors (Lipinski definition) is 1. The molecule has 0 saturated carbocycles. The second-order valence-electron chi connectivity index (χ2n) is 2.53. The van der Waals surface area contributed by atoms with Gasteiger partial charge >= 0.3 is 0 Å². The van der Waals surface area contributed by atoms with Crippen molar-refractivity contribution in [1.82, 2.24) is 9.97 Å². The number of aromatic nitrogens is 2. The summed E-state index contributed by atoms with van der Waals surface area (Å²) in [5, 5.41) is 2.92. The van der Waals surface area contributed by atoms with E-state index in [0.29, 0.717) is 12.5 Å². The van der Waals surface area contributed by atoms with Crippen molar-refractivity contribution in [1.29, 1.82) is 0 Å². The van der Waals surface area contributed by atoms with Crippen LogP contribution >= 0.6 is 0 Å². The van der Waals surface area contributed by atoms with Gasteiger partial charge in [-0.25, -0.2) is 9.97 Å². The number of nitrogens with zero attached hydrogens (tertiary/aromatic N) is 2. The Kier molecular flexibility index (Phi) is 2.65. The molecule has 1 N–H and O–H groups in total. The molecule has 1 rings (SSSR count). The Morgan fingerprint density at radius 2 is 2.00 bits per heavy atom. The van der Waals surface area contributed by atoms with E-state index in [1.54, 1.807) is 0 Å². The van der Waals surface area contributed by atoms with Crippen LogP contribution < -0.4 is 5.32 Å². The first-order valence-electron chi connectivity index (χ1n) is 3.72. The molecular weight excluding hydrogens is 150 g/mol. The largest absolute Gasteiger partial charge is 0.343 e. The van der Waals surface area contributed by atoms with Gasteiger partial charge in [0.1, 0.15) is 0 Å². The molecule has 0 atom stereocenters. The first-order chi connectivity index (χ1) is 5.72. The average molecular weight is 161 g/mol. The maximum atomic E-state index is 5.08. The van der Waals surface area contributed by atoms with Crippen molar-refractivity contribution in [2.75, 3.05) is 11.9 Å². The SMILES string of the molecule is C#CCNc1nc(C)cc(C)n1. The van der Waals surface area contributed by atoms with Gasteiger partial charge in [0.2, 0.25) is 5.95 Å². The quantitative estimate of drug-likeness (QED) is 0.661. The van der Waals surface area contributed by atoms with E-state index < -0.39 is 0 Å². The van der Waals surface area contributed by atoms with E-state index in [9.17, 15) is 0 Å². The topological polar surface area (TPSA) is 37.8 Å². The molecule has 0 aromatic carbocycles. The number of anilines is 1. The highest BCUT2D eigenvalue weighted by atomic mass is 15.1. The predicted octanol–water partition coefficient (Wildman–Crippen LogP) is 1.14. The molecule has 0 saturated heterocycles. The van der Waals surface area contributed by atoms with E-state index in [1.807, 2.05) is 19.9 Å². The minimum Gasteiger partial charge on any atom is -0.343 e. The van der Waals surface area contributed by atoms with Crippen LogP contribution in [-0.4, -0.2) is 16.5 Å². The third-order valence-corrected chi connectivity index (χ3v) is 1.33. The Morgan fingerprint density at radius 3 is 2.50 bits per heavy atom. The first kappa shape index (κ1) is 8.54. The second-order valence-corrected chi connectivity index (χ2v) is 2.53. The lowest BCUT2D eigenvalue weighted by molar-refractivity contribution is 1.04. The number of aryl methyl sites for hydroxylation is 2. The van der Waals surface area contributed by atoms with Crippen molar-refractivity contribution < 1.29 is 0 Å². The molecule has 12 heavy (non-hydrogen) atoms. The first-order valence-corrected chi connectivity index (χ1v) is 3.72. The van der Waals surface area contributed by atoms with Crippen LogP contribution in [0, 0.1) is 26.2 Å².